The molecule has 2 heterocycles. The predicted octanol–water partition coefficient (Wildman–Crippen LogP) is 4.96. The van der Waals surface area contributed by atoms with Gasteiger partial charge < -0.3 is 19.1 Å². The summed E-state index contributed by atoms with van der Waals surface area (Å²) in [5.74, 6) is 2.31. The number of morpholine rings is 1. The summed E-state index contributed by atoms with van der Waals surface area (Å²) in [6.07, 6.45) is 0. The quantitative estimate of drug-likeness (QED) is 0.323. The molecule has 1 saturated heterocycles. The van der Waals surface area contributed by atoms with E-state index in [2.05, 4.69) is 59.2 Å². The van der Waals surface area contributed by atoms with E-state index in [0.29, 0.717) is 12.5 Å². The first-order valence-corrected chi connectivity index (χ1v) is 12.7. The number of anilines is 1. The van der Waals surface area contributed by atoms with Gasteiger partial charge in [0.15, 0.2) is 0 Å². The lowest BCUT2D eigenvalue weighted by molar-refractivity contribution is 0.0391. The fraction of sp³-hybridized carbons (Fsp3) is 0.333. The highest BCUT2D eigenvalue weighted by Gasteiger charge is 2.20. The molecule has 0 atom stereocenters. The lowest BCUT2D eigenvalue weighted by atomic mass is 10.0. The van der Waals surface area contributed by atoms with Crippen LogP contribution in [0.15, 0.2) is 66.7 Å². The predicted molar refractivity (Wildman–Crippen MR) is 148 cm³/mol. The number of hydrogen-bond acceptors (Lipinski definition) is 7. The molecule has 0 N–H and O–H groups in total. The van der Waals surface area contributed by atoms with Gasteiger partial charge in [-0.1, -0.05) is 42.0 Å². The average Bonchev–Trinajstić information content (AvgIpc) is 2.95. The van der Waals surface area contributed by atoms with Crippen LogP contribution in [0.25, 0.3) is 22.2 Å². The van der Waals surface area contributed by atoms with Gasteiger partial charge in [0.1, 0.15) is 11.5 Å². The van der Waals surface area contributed by atoms with Crippen molar-refractivity contribution < 1.29 is 14.2 Å². The number of fused-ring (bicyclic) bond motifs is 1. The number of ether oxygens (including phenoxy) is 3. The molecule has 0 aliphatic carbocycles. The summed E-state index contributed by atoms with van der Waals surface area (Å²) in [6.45, 7) is 7.77. The van der Waals surface area contributed by atoms with Gasteiger partial charge in [-0.2, -0.15) is 0 Å². The highest BCUT2D eigenvalue weighted by atomic mass is 16.5. The van der Waals surface area contributed by atoms with Crippen molar-refractivity contribution in [3.05, 3.63) is 77.9 Å². The lowest BCUT2D eigenvalue weighted by Crippen LogP contribution is -2.41. The van der Waals surface area contributed by atoms with Gasteiger partial charge in [0, 0.05) is 49.2 Å². The minimum atomic E-state index is 0.594. The van der Waals surface area contributed by atoms with Crippen LogP contribution in [-0.4, -0.2) is 68.5 Å². The third-order valence-corrected chi connectivity index (χ3v) is 6.81. The molecule has 0 bridgehead atoms. The summed E-state index contributed by atoms with van der Waals surface area (Å²) in [5, 5.41) is 1.06. The zero-order chi connectivity index (χ0) is 25.6. The Bertz CT molecular complexity index is 1340. The maximum absolute atomic E-state index is 5.70. The van der Waals surface area contributed by atoms with Gasteiger partial charge in [0.2, 0.25) is 5.95 Å². The summed E-state index contributed by atoms with van der Waals surface area (Å²) in [7, 11) is 3.38. The molecule has 37 heavy (non-hydrogen) atoms. The van der Waals surface area contributed by atoms with Crippen LogP contribution in [0.1, 0.15) is 11.1 Å². The van der Waals surface area contributed by atoms with Gasteiger partial charge in [-0.25, -0.2) is 9.97 Å². The SMILES string of the molecule is COc1ccc(OC)c(CN(CCN2CCOCC2)c2nc(-c3ccccc3)c3cc(C)ccc3n2)c1. The zero-order valence-corrected chi connectivity index (χ0v) is 21.8. The molecule has 3 aromatic carbocycles. The lowest BCUT2D eigenvalue weighted by Gasteiger charge is -2.30. The molecule has 0 unspecified atom stereocenters. The number of aromatic nitrogens is 2. The van der Waals surface area contributed by atoms with Crippen molar-refractivity contribution in [2.45, 2.75) is 13.5 Å². The molecule has 7 heteroatoms. The number of benzene rings is 3. The number of rotatable bonds is 9. The number of nitrogens with zero attached hydrogens (tertiary/aromatic N) is 4. The Hall–Kier alpha value is -3.68. The summed E-state index contributed by atoms with van der Waals surface area (Å²) < 4.78 is 16.8. The van der Waals surface area contributed by atoms with Crippen molar-refractivity contribution in [1.82, 2.24) is 14.9 Å². The van der Waals surface area contributed by atoms with Crippen molar-refractivity contribution in [3.63, 3.8) is 0 Å². The molecule has 1 aliphatic heterocycles. The highest BCUT2D eigenvalue weighted by Crippen LogP contribution is 2.31. The normalized spacial score (nSPS) is 14.0. The molecule has 0 saturated carbocycles. The van der Waals surface area contributed by atoms with E-state index in [4.69, 9.17) is 24.2 Å². The maximum atomic E-state index is 5.70. The Balaban J connectivity index is 1.58. The largest absolute Gasteiger partial charge is 0.497 e. The van der Waals surface area contributed by atoms with Crippen LogP contribution in [0, 0.1) is 6.92 Å². The minimum Gasteiger partial charge on any atom is -0.497 e. The maximum Gasteiger partial charge on any atom is 0.226 e. The third kappa shape index (κ3) is 5.84. The smallest absolute Gasteiger partial charge is 0.226 e. The van der Waals surface area contributed by atoms with E-state index in [-0.39, 0.29) is 0 Å². The van der Waals surface area contributed by atoms with E-state index >= 15 is 0 Å². The van der Waals surface area contributed by atoms with Gasteiger partial charge in [0.05, 0.1) is 38.6 Å². The summed E-state index contributed by atoms with van der Waals surface area (Å²) in [6, 6.07) is 22.6. The molecule has 0 radical (unpaired) electrons. The average molecular weight is 499 g/mol. The van der Waals surface area contributed by atoms with Gasteiger partial charge in [-0.05, 0) is 37.3 Å². The Labute approximate surface area is 218 Å². The van der Waals surface area contributed by atoms with Crippen molar-refractivity contribution in [2.75, 3.05) is 58.5 Å². The van der Waals surface area contributed by atoms with Crippen molar-refractivity contribution in [1.29, 1.82) is 0 Å². The van der Waals surface area contributed by atoms with Crippen molar-refractivity contribution >= 4 is 16.9 Å². The number of hydrogen-bond donors (Lipinski definition) is 0. The molecule has 0 spiro atoms. The van der Waals surface area contributed by atoms with Crippen LogP contribution >= 0.6 is 0 Å². The third-order valence-electron chi connectivity index (χ3n) is 6.81. The van der Waals surface area contributed by atoms with Gasteiger partial charge in [-0.15, -0.1) is 0 Å². The first-order valence-electron chi connectivity index (χ1n) is 12.7. The second-order valence-electron chi connectivity index (χ2n) is 9.31. The van der Waals surface area contributed by atoms with E-state index in [1.165, 1.54) is 5.56 Å². The van der Waals surface area contributed by atoms with Crippen LogP contribution in [0.5, 0.6) is 11.5 Å². The van der Waals surface area contributed by atoms with Crippen molar-refractivity contribution in [3.8, 4) is 22.8 Å². The van der Waals surface area contributed by atoms with Crippen LogP contribution < -0.4 is 14.4 Å². The fourth-order valence-electron chi connectivity index (χ4n) is 4.74. The van der Waals surface area contributed by atoms with Gasteiger partial charge in [0.25, 0.3) is 0 Å². The van der Waals surface area contributed by atoms with Crippen LogP contribution in [0.4, 0.5) is 5.95 Å². The van der Waals surface area contributed by atoms with E-state index < -0.39 is 0 Å². The monoisotopic (exact) mass is 498 g/mol. The zero-order valence-electron chi connectivity index (χ0n) is 21.8. The molecule has 5 rings (SSSR count). The summed E-state index contributed by atoms with van der Waals surface area (Å²) in [5.41, 5.74) is 5.17. The molecule has 192 valence electrons. The Morgan fingerprint density at radius 2 is 1.73 bits per heavy atom. The molecule has 4 aromatic rings. The van der Waals surface area contributed by atoms with Crippen molar-refractivity contribution in [2.24, 2.45) is 0 Å². The van der Waals surface area contributed by atoms with Gasteiger partial charge in [-0.3, -0.25) is 4.90 Å². The first kappa shape index (κ1) is 25.0. The van der Waals surface area contributed by atoms with E-state index in [1.807, 2.05) is 24.3 Å². The number of aryl methyl sites for hydroxylation is 1. The highest BCUT2D eigenvalue weighted by molar-refractivity contribution is 5.93. The summed E-state index contributed by atoms with van der Waals surface area (Å²) in [4.78, 5) is 14.9. The Morgan fingerprint density at radius 1 is 0.919 bits per heavy atom. The second-order valence-corrected chi connectivity index (χ2v) is 9.31. The molecule has 0 amide bonds. The van der Waals surface area contributed by atoms with E-state index in [1.54, 1.807) is 14.2 Å². The van der Waals surface area contributed by atoms with Crippen LogP contribution in [-0.2, 0) is 11.3 Å². The fourth-order valence-corrected chi connectivity index (χ4v) is 4.74. The van der Waals surface area contributed by atoms with E-state index in [0.717, 1.165) is 78.6 Å². The first-order chi connectivity index (χ1) is 18.1. The Morgan fingerprint density at radius 3 is 2.49 bits per heavy atom. The molecule has 1 aromatic heterocycles. The molecule has 7 nitrogen and oxygen atoms in total. The van der Waals surface area contributed by atoms with Crippen LogP contribution in [0.3, 0.4) is 0 Å². The minimum absolute atomic E-state index is 0.594. The molecule has 1 aliphatic rings. The number of methoxy groups -OCH3 is 2. The topological polar surface area (TPSA) is 60.0 Å². The van der Waals surface area contributed by atoms with Gasteiger partial charge >= 0.3 is 0 Å². The Kier molecular flexibility index (Phi) is 7.82. The second kappa shape index (κ2) is 11.6. The van der Waals surface area contributed by atoms with E-state index in [9.17, 15) is 0 Å². The van der Waals surface area contributed by atoms with Crippen LogP contribution in [0.2, 0.25) is 0 Å². The standard InChI is InChI=1S/C30H34N4O3/c1-22-9-11-27-26(19-22)29(23-7-5-4-6-8-23)32-30(31-27)34(14-13-33-15-17-37-18-16-33)21-24-20-25(35-2)10-12-28(24)36-3/h4-12,19-20H,13-18,21H2,1-3H3. The molecule has 1 fully saturated rings. The summed E-state index contributed by atoms with van der Waals surface area (Å²) >= 11 is 0. The molecular weight excluding hydrogens is 464 g/mol. The molecular formula is C30H34N4O3.